The van der Waals surface area contributed by atoms with Crippen molar-refractivity contribution < 1.29 is 5.11 Å². The first-order valence-electron chi connectivity index (χ1n) is 3.60. The van der Waals surface area contributed by atoms with E-state index in [0.29, 0.717) is 18.9 Å². The predicted octanol–water partition coefficient (Wildman–Crippen LogP) is 0.123. The van der Waals surface area contributed by atoms with Gasteiger partial charge in [-0.25, -0.2) is 0 Å². The molecule has 0 spiro atoms. The van der Waals surface area contributed by atoms with Crippen molar-refractivity contribution in [2.45, 2.75) is 31.4 Å². The van der Waals surface area contributed by atoms with Gasteiger partial charge in [-0.15, -0.1) is 6.42 Å². The highest BCUT2D eigenvalue weighted by atomic mass is 16.3. The van der Waals surface area contributed by atoms with Crippen molar-refractivity contribution in [1.82, 2.24) is 5.32 Å². The van der Waals surface area contributed by atoms with Crippen LogP contribution in [-0.2, 0) is 0 Å². The molecule has 1 saturated heterocycles. The summed E-state index contributed by atoms with van der Waals surface area (Å²) in [7, 11) is 0. The molecule has 2 N–H and O–H groups in total. The highest BCUT2D eigenvalue weighted by molar-refractivity contribution is 5.10. The van der Waals surface area contributed by atoms with Crippen LogP contribution in [0.5, 0.6) is 0 Å². The number of rotatable bonds is 0. The molecule has 0 unspecified atom stereocenters. The second-order valence-electron chi connectivity index (χ2n) is 2.99. The normalized spacial score (nSPS) is 40.7. The Balaban J connectivity index is 2.56. The zero-order valence-electron chi connectivity index (χ0n) is 6.22. The van der Waals surface area contributed by atoms with E-state index in [0.717, 1.165) is 6.54 Å². The molecule has 2 heteroatoms. The monoisotopic (exact) mass is 139 g/mol. The van der Waals surface area contributed by atoms with Crippen LogP contribution >= 0.6 is 0 Å². The van der Waals surface area contributed by atoms with Gasteiger partial charge in [-0.1, -0.05) is 5.92 Å². The lowest BCUT2D eigenvalue weighted by molar-refractivity contribution is 0.0537. The average Bonchev–Trinajstić information content (AvgIpc) is 1.88. The summed E-state index contributed by atoms with van der Waals surface area (Å²) in [5.74, 6) is 2.43. The molecule has 0 aromatic carbocycles. The van der Waals surface area contributed by atoms with Crippen molar-refractivity contribution >= 4 is 0 Å². The van der Waals surface area contributed by atoms with E-state index in [-0.39, 0.29) is 0 Å². The zero-order chi connectivity index (χ0) is 7.61. The summed E-state index contributed by atoms with van der Waals surface area (Å²) >= 11 is 0. The highest BCUT2D eigenvalue weighted by Gasteiger charge is 2.29. The van der Waals surface area contributed by atoms with E-state index in [1.807, 2.05) is 6.92 Å². The third kappa shape index (κ3) is 1.50. The maximum absolute atomic E-state index is 9.57. The lowest BCUT2D eigenvalue weighted by Crippen LogP contribution is -2.45. The van der Waals surface area contributed by atoms with Gasteiger partial charge in [0.2, 0.25) is 0 Å². The Kier molecular flexibility index (Phi) is 1.98. The molecule has 0 aromatic rings. The van der Waals surface area contributed by atoms with Crippen LogP contribution in [0.15, 0.2) is 0 Å². The van der Waals surface area contributed by atoms with Crippen LogP contribution < -0.4 is 5.32 Å². The maximum Gasteiger partial charge on any atom is 0.127 e. The van der Waals surface area contributed by atoms with Crippen LogP contribution in [0.2, 0.25) is 0 Å². The lowest BCUT2D eigenvalue weighted by atomic mass is 9.89. The van der Waals surface area contributed by atoms with E-state index < -0.39 is 5.60 Å². The SMILES string of the molecule is C#C[C@@]1(O)CCN[C@@H](C)C1. The van der Waals surface area contributed by atoms with Crippen LogP contribution in [0.3, 0.4) is 0 Å². The fourth-order valence-electron chi connectivity index (χ4n) is 1.34. The Morgan fingerprint density at radius 1 is 1.80 bits per heavy atom. The molecule has 0 bridgehead atoms. The summed E-state index contributed by atoms with van der Waals surface area (Å²) < 4.78 is 0. The quantitative estimate of drug-likeness (QED) is 0.467. The number of aliphatic hydroxyl groups is 1. The summed E-state index contributed by atoms with van der Waals surface area (Å²) in [4.78, 5) is 0. The van der Waals surface area contributed by atoms with Crippen LogP contribution in [0, 0.1) is 12.3 Å². The fraction of sp³-hybridized carbons (Fsp3) is 0.750. The Morgan fingerprint density at radius 2 is 2.50 bits per heavy atom. The first-order chi connectivity index (χ1) is 4.66. The molecule has 1 rings (SSSR count). The molecule has 0 amide bonds. The average molecular weight is 139 g/mol. The maximum atomic E-state index is 9.57. The minimum atomic E-state index is -0.843. The van der Waals surface area contributed by atoms with Gasteiger partial charge in [0.1, 0.15) is 5.60 Å². The van der Waals surface area contributed by atoms with Gasteiger partial charge in [-0.2, -0.15) is 0 Å². The van der Waals surface area contributed by atoms with Gasteiger partial charge in [-0.3, -0.25) is 0 Å². The van der Waals surface area contributed by atoms with E-state index in [9.17, 15) is 5.11 Å². The lowest BCUT2D eigenvalue weighted by Gasteiger charge is -2.31. The van der Waals surface area contributed by atoms with E-state index in [4.69, 9.17) is 6.42 Å². The number of nitrogens with one attached hydrogen (secondary N) is 1. The van der Waals surface area contributed by atoms with Crippen molar-refractivity contribution in [1.29, 1.82) is 0 Å². The van der Waals surface area contributed by atoms with Crippen molar-refractivity contribution in [3.05, 3.63) is 0 Å². The van der Waals surface area contributed by atoms with E-state index in [1.165, 1.54) is 0 Å². The summed E-state index contributed by atoms with van der Waals surface area (Å²) in [6.45, 7) is 2.85. The van der Waals surface area contributed by atoms with Crippen LogP contribution in [-0.4, -0.2) is 23.3 Å². The topological polar surface area (TPSA) is 32.3 Å². The molecule has 1 aliphatic rings. The van der Waals surface area contributed by atoms with Crippen molar-refractivity contribution in [2.75, 3.05) is 6.54 Å². The van der Waals surface area contributed by atoms with Crippen molar-refractivity contribution in [2.24, 2.45) is 0 Å². The first kappa shape index (κ1) is 7.59. The van der Waals surface area contributed by atoms with Gasteiger partial charge in [0.05, 0.1) is 0 Å². The summed E-state index contributed by atoms with van der Waals surface area (Å²) in [5, 5.41) is 12.8. The third-order valence-electron chi connectivity index (χ3n) is 1.94. The van der Waals surface area contributed by atoms with Crippen LogP contribution in [0.25, 0.3) is 0 Å². The summed E-state index contributed by atoms with van der Waals surface area (Å²) in [5.41, 5.74) is -0.843. The Morgan fingerprint density at radius 3 is 2.90 bits per heavy atom. The smallest absolute Gasteiger partial charge is 0.127 e. The fourth-order valence-corrected chi connectivity index (χ4v) is 1.34. The summed E-state index contributed by atoms with van der Waals surface area (Å²) in [6, 6.07) is 0.342. The first-order valence-corrected chi connectivity index (χ1v) is 3.60. The molecular formula is C8H13NO. The number of hydrogen-bond acceptors (Lipinski definition) is 2. The molecule has 0 aromatic heterocycles. The van der Waals surface area contributed by atoms with Gasteiger partial charge >= 0.3 is 0 Å². The zero-order valence-corrected chi connectivity index (χ0v) is 6.22. The molecule has 0 aliphatic carbocycles. The van der Waals surface area contributed by atoms with Gasteiger partial charge in [-0.05, 0) is 19.9 Å². The standard InChI is InChI=1S/C8H13NO/c1-3-8(10)4-5-9-7(2)6-8/h1,7,9-10H,4-6H2,2H3/t7-,8+/m0/s1. The van der Waals surface area contributed by atoms with Gasteiger partial charge in [0.15, 0.2) is 0 Å². The molecule has 10 heavy (non-hydrogen) atoms. The van der Waals surface area contributed by atoms with E-state index >= 15 is 0 Å². The Hall–Kier alpha value is -0.520. The number of terminal acetylenes is 1. The number of hydrogen-bond donors (Lipinski definition) is 2. The molecule has 56 valence electrons. The van der Waals surface area contributed by atoms with Crippen LogP contribution in [0.4, 0.5) is 0 Å². The third-order valence-corrected chi connectivity index (χ3v) is 1.94. The Bertz CT molecular complexity index is 161. The van der Waals surface area contributed by atoms with Gasteiger partial charge < -0.3 is 10.4 Å². The van der Waals surface area contributed by atoms with Crippen molar-refractivity contribution in [3.8, 4) is 12.3 Å². The molecule has 1 heterocycles. The molecule has 2 atom stereocenters. The molecule has 1 fully saturated rings. The van der Waals surface area contributed by atoms with E-state index in [1.54, 1.807) is 0 Å². The molecular weight excluding hydrogens is 126 g/mol. The van der Waals surface area contributed by atoms with Gasteiger partial charge in [0.25, 0.3) is 0 Å². The highest BCUT2D eigenvalue weighted by Crippen LogP contribution is 2.19. The Labute approximate surface area is 61.6 Å². The second kappa shape index (κ2) is 2.61. The van der Waals surface area contributed by atoms with Crippen LogP contribution in [0.1, 0.15) is 19.8 Å². The molecule has 0 saturated carbocycles. The predicted molar refractivity (Wildman–Crippen MR) is 40.5 cm³/mol. The minimum absolute atomic E-state index is 0.342. The molecule has 2 nitrogen and oxygen atoms in total. The molecule has 1 aliphatic heterocycles. The van der Waals surface area contributed by atoms with Crippen molar-refractivity contribution in [3.63, 3.8) is 0 Å². The van der Waals surface area contributed by atoms with E-state index in [2.05, 4.69) is 11.2 Å². The molecule has 0 radical (unpaired) electrons. The van der Waals surface area contributed by atoms with Gasteiger partial charge in [0, 0.05) is 12.5 Å². The largest absolute Gasteiger partial charge is 0.378 e. The number of piperidine rings is 1. The summed E-state index contributed by atoms with van der Waals surface area (Å²) in [6.07, 6.45) is 6.52. The second-order valence-corrected chi connectivity index (χ2v) is 2.99. The minimum Gasteiger partial charge on any atom is -0.378 e.